The second kappa shape index (κ2) is 9.07. The number of hydrogen-bond donors (Lipinski definition) is 1. The van der Waals surface area contributed by atoms with Gasteiger partial charge in [-0.2, -0.15) is 5.10 Å². The van der Waals surface area contributed by atoms with Crippen molar-refractivity contribution in [1.29, 1.82) is 0 Å². The molecule has 0 saturated heterocycles. The van der Waals surface area contributed by atoms with Gasteiger partial charge < -0.3 is 4.90 Å². The maximum atomic E-state index is 13.3. The van der Waals surface area contributed by atoms with Crippen molar-refractivity contribution in [2.24, 2.45) is 0 Å². The quantitative estimate of drug-likeness (QED) is 0.611. The minimum Gasteiger partial charge on any atom is -0.342 e. The zero-order chi connectivity index (χ0) is 19.1. The molecule has 2 aromatic heterocycles. The number of halogens is 1. The van der Waals surface area contributed by atoms with Gasteiger partial charge in [0.25, 0.3) is 5.91 Å². The Labute approximate surface area is 158 Å². The Morgan fingerprint density at radius 1 is 1.11 bits per heavy atom. The second-order valence-electron chi connectivity index (χ2n) is 6.56. The summed E-state index contributed by atoms with van der Waals surface area (Å²) in [5, 5.41) is 7.28. The summed E-state index contributed by atoms with van der Waals surface area (Å²) in [7, 11) is 1.82. The highest BCUT2D eigenvalue weighted by Gasteiger charge is 2.10. The van der Waals surface area contributed by atoms with Crippen LogP contribution in [0.5, 0.6) is 0 Å². The molecule has 6 heteroatoms. The fraction of sp³-hybridized carbons (Fsp3) is 0.286. The van der Waals surface area contributed by atoms with Gasteiger partial charge in [-0.3, -0.25) is 14.9 Å². The van der Waals surface area contributed by atoms with Crippen LogP contribution in [-0.4, -0.2) is 39.6 Å². The normalized spacial score (nSPS) is 10.7. The molecule has 0 atom stereocenters. The van der Waals surface area contributed by atoms with Crippen LogP contribution in [0.15, 0.2) is 54.9 Å². The minimum absolute atomic E-state index is 0.0192. The lowest BCUT2D eigenvalue weighted by molar-refractivity contribution is 0.0792. The van der Waals surface area contributed by atoms with Crippen LogP contribution in [0.3, 0.4) is 0 Å². The number of hydrogen-bond acceptors (Lipinski definition) is 3. The van der Waals surface area contributed by atoms with Gasteiger partial charge >= 0.3 is 0 Å². The molecular formula is C21H23FN4O. The van der Waals surface area contributed by atoms with Gasteiger partial charge in [0, 0.05) is 42.8 Å². The first-order valence-electron chi connectivity index (χ1n) is 9.09. The summed E-state index contributed by atoms with van der Waals surface area (Å²) in [6, 6.07) is 11.9. The number of unbranched alkanes of at least 4 members (excludes halogenated alkanes) is 2. The minimum atomic E-state index is -0.262. The number of amides is 1. The van der Waals surface area contributed by atoms with Gasteiger partial charge in [-0.1, -0.05) is 18.6 Å². The van der Waals surface area contributed by atoms with E-state index in [9.17, 15) is 9.18 Å². The van der Waals surface area contributed by atoms with Crippen molar-refractivity contribution in [3.05, 3.63) is 71.9 Å². The Morgan fingerprint density at radius 3 is 2.70 bits per heavy atom. The Bertz CT molecular complexity index is 879. The first-order valence-corrected chi connectivity index (χ1v) is 9.09. The van der Waals surface area contributed by atoms with Crippen LogP contribution in [0.1, 0.15) is 35.3 Å². The Hall–Kier alpha value is -3.02. The lowest BCUT2D eigenvalue weighted by Crippen LogP contribution is -2.27. The molecule has 1 N–H and O–H groups in total. The van der Waals surface area contributed by atoms with Crippen LogP contribution < -0.4 is 0 Å². The van der Waals surface area contributed by atoms with E-state index < -0.39 is 0 Å². The molecule has 140 valence electrons. The molecule has 2 heterocycles. The van der Waals surface area contributed by atoms with Crippen molar-refractivity contribution in [1.82, 2.24) is 20.1 Å². The molecule has 0 saturated carbocycles. The molecule has 0 radical (unpaired) electrons. The second-order valence-corrected chi connectivity index (χ2v) is 6.56. The summed E-state index contributed by atoms with van der Waals surface area (Å²) in [4.78, 5) is 17.9. The van der Waals surface area contributed by atoms with E-state index in [4.69, 9.17) is 0 Å². The van der Waals surface area contributed by atoms with Gasteiger partial charge in [0.1, 0.15) is 5.82 Å². The molecule has 0 unspecified atom stereocenters. The third-order valence-electron chi connectivity index (χ3n) is 4.46. The molecule has 1 aromatic carbocycles. The largest absolute Gasteiger partial charge is 0.342 e. The highest BCUT2D eigenvalue weighted by Crippen LogP contribution is 2.19. The number of aromatic amines is 1. The predicted molar refractivity (Wildman–Crippen MR) is 103 cm³/mol. The third-order valence-corrected chi connectivity index (χ3v) is 4.46. The van der Waals surface area contributed by atoms with Gasteiger partial charge in [0.05, 0.1) is 5.69 Å². The summed E-state index contributed by atoms with van der Waals surface area (Å²) in [6.45, 7) is 0.721. The van der Waals surface area contributed by atoms with Crippen LogP contribution in [0, 0.1) is 5.82 Å². The maximum absolute atomic E-state index is 13.3. The summed E-state index contributed by atoms with van der Waals surface area (Å²) >= 11 is 0. The number of aromatic nitrogens is 3. The molecule has 5 nitrogen and oxygen atoms in total. The van der Waals surface area contributed by atoms with E-state index in [0.29, 0.717) is 5.56 Å². The lowest BCUT2D eigenvalue weighted by atomic mass is 10.1. The van der Waals surface area contributed by atoms with Crippen LogP contribution in [-0.2, 0) is 6.42 Å². The number of nitrogens with one attached hydrogen (secondary N) is 1. The zero-order valence-electron chi connectivity index (χ0n) is 15.4. The highest BCUT2D eigenvalue weighted by atomic mass is 19.1. The van der Waals surface area contributed by atoms with E-state index in [-0.39, 0.29) is 11.7 Å². The predicted octanol–water partition coefficient (Wildman–Crippen LogP) is 4.10. The summed E-state index contributed by atoms with van der Waals surface area (Å²) in [6.07, 6.45) is 7.10. The molecule has 3 rings (SSSR count). The summed E-state index contributed by atoms with van der Waals surface area (Å²) in [5.74, 6) is -0.242. The average molecular weight is 366 g/mol. The van der Waals surface area contributed by atoms with Crippen LogP contribution in [0.2, 0.25) is 0 Å². The van der Waals surface area contributed by atoms with E-state index in [1.54, 1.807) is 35.5 Å². The Balaban J connectivity index is 1.40. The van der Waals surface area contributed by atoms with Crippen LogP contribution in [0.25, 0.3) is 11.3 Å². The van der Waals surface area contributed by atoms with Gasteiger partial charge in [0.15, 0.2) is 0 Å². The number of pyridine rings is 1. The molecular weight excluding hydrogens is 343 g/mol. The number of carbonyl (C=O) groups is 1. The van der Waals surface area contributed by atoms with Crippen molar-refractivity contribution < 1.29 is 9.18 Å². The van der Waals surface area contributed by atoms with Crippen molar-refractivity contribution in [3.63, 3.8) is 0 Å². The SMILES string of the molecule is CN(CCCCCc1cc(-c2cccc(F)c2)n[nH]1)C(=O)c1ccncc1. The summed E-state index contributed by atoms with van der Waals surface area (Å²) in [5.41, 5.74) is 3.23. The molecule has 1 amide bonds. The molecule has 0 spiro atoms. The Kier molecular flexibility index (Phi) is 6.30. The standard InChI is InChI=1S/C21H23FN4O/c1-26(21(27)16-9-11-23-12-10-16)13-4-2-3-8-19-15-20(25-24-19)17-6-5-7-18(22)14-17/h5-7,9-12,14-15H,2-4,8,13H2,1H3,(H,24,25). The summed E-state index contributed by atoms with van der Waals surface area (Å²) < 4.78 is 13.3. The topological polar surface area (TPSA) is 61.9 Å². The van der Waals surface area contributed by atoms with Crippen molar-refractivity contribution in [3.8, 4) is 11.3 Å². The van der Waals surface area contributed by atoms with Gasteiger partial charge in [-0.15, -0.1) is 0 Å². The van der Waals surface area contributed by atoms with Crippen LogP contribution in [0.4, 0.5) is 4.39 Å². The van der Waals surface area contributed by atoms with Crippen LogP contribution >= 0.6 is 0 Å². The molecule has 0 aliphatic heterocycles. The number of rotatable bonds is 8. The van der Waals surface area contributed by atoms with Gasteiger partial charge in [0.2, 0.25) is 0 Å². The van der Waals surface area contributed by atoms with Gasteiger partial charge in [-0.25, -0.2) is 4.39 Å². The maximum Gasteiger partial charge on any atom is 0.253 e. The van der Waals surface area contributed by atoms with E-state index in [1.807, 2.05) is 19.2 Å². The van der Waals surface area contributed by atoms with Gasteiger partial charge in [-0.05, 0) is 49.6 Å². The van der Waals surface area contributed by atoms with E-state index >= 15 is 0 Å². The van der Waals surface area contributed by atoms with Crippen molar-refractivity contribution in [2.75, 3.05) is 13.6 Å². The fourth-order valence-corrected chi connectivity index (χ4v) is 2.94. The number of benzene rings is 1. The highest BCUT2D eigenvalue weighted by molar-refractivity contribution is 5.93. The molecule has 0 bridgehead atoms. The monoisotopic (exact) mass is 366 g/mol. The fourth-order valence-electron chi connectivity index (χ4n) is 2.94. The number of carbonyl (C=O) groups excluding carboxylic acids is 1. The number of nitrogens with zero attached hydrogens (tertiary/aromatic N) is 3. The number of H-pyrrole nitrogens is 1. The van der Waals surface area contributed by atoms with E-state index in [1.165, 1.54) is 12.1 Å². The molecule has 0 aliphatic rings. The van der Waals surface area contributed by atoms with Crippen molar-refractivity contribution in [2.45, 2.75) is 25.7 Å². The molecule has 0 aliphatic carbocycles. The lowest BCUT2D eigenvalue weighted by Gasteiger charge is -2.16. The zero-order valence-corrected chi connectivity index (χ0v) is 15.4. The third kappa shape index (κ3) is 5.23. The molecule has 27 heavy (non-hydrogen) atoms. The number of aryl methyl sites for hydroxylation is 1. The average Bonchev–Trinajstić information content (AvgIpc) is 3.16. The van der Waals surface area contributed by atoms with Crippen molar-refractivity contribution >= 4 is 5.91 Å². The first kappa shape index (κ1) is 18.8. The smallest absolute Gasteiger partial charge is 0.253 e. The molecule has 0 fully saturated rings. The van der Waals surface area contributed by atoms with E-state index in [2.05, 4.69) is 15.2 Å². The van der Waals surface area contributed by atoms with E-state index in [0.717, 1.165) is 49.2 Å². The first-order chi connectivity index (χ1) is 13.1. The molecule has 3 aromatic rings. The Morgan fingerprint density at radius 2 is 1.93 bits per heavy atom.